The van der Waals surface area contributed by atoms with Crippen molar-refractivity contribution >= 4 is 39.6 Å². The van der Waals surface area contributed by atoms with Gasteiger partial charge in [0.05, 0.1) is 0 Å². The van der Waals surface area contributed by atoms with Gasteiger partial charge in [-0.15, -0.1) is 5.10 Å². The molecule has 0 fully saturated rings. The van der Waals surface area contributed by atoms with E-state index >= 15 is 0 Å². The summed E-state index contributed by atoms with van der Waals surface area (Å²) in [4.78, 5) is 4.33. The molecule has 0 aliphatic rings. The van der Waals surface area contributed by atoms with Crippen LogP contribution in [0.1, 0.15) is 5.69 Å². The number of aromatic nitrogens is 3. The van der Waals surface area contributed by atoms with Crippen molar-refractivity contribution in [2.45, 2.75) is 0 Å². The van der Waals surface area contributed by atoms with Crippen LogP contribution in [0.3, 0.4) is 0 Å². The molecule has 76 valence electrons. The largest absolute Gasteiger partial charge is 0.388 e. The molecule has 0 atom stereocenters. The van der Waals surface area contributed by atoms with Crippen LogP contribution in [0.4, 0.5) is 10.8 Å². The van der Waals surface area contributed by atoms with Crippen LogP contribution in [0.5, 0.6) is 0 Å². The Kier molecular flexibility index (Phi) is 2.84. The molecule has 0 amide bonds. The number of rotatable bonds is 3. The van der Waals surface area contributed by atoms with Crippen molar-refractivity contribution in [1.29, 1.82) is 0 Å². The lowest BCUT2D eigenvalue weighted by molar-refractivity contribution is 1.14. The van der Waals surface area contributed by atoms with Gasteiger partial charge in [0.2, 0.25) is 0 Å². The Morgan fingerprint density at radius 3 is 3.00 bits per heavy atom. The third-order valence-electron chi connectivity index (χ3n) is 1.63. The Bertz CT molecular complexity index is 467. The highest BCUT2D eigenvalue weighted by Crippen LogP contribution is 2.21. The maximum Gasteiger partial charge on any atom is 0.156 e. The summed E-state index contributed by atoms with van der Waals surface area (Å²) in [5.41, 5.74) is 5.99. The van der Waals surface area contributed by atoms with Gasteiger partial charge in [-0.05, 0) is 12.1 Å². The molecule has 0 unspecified atom stereocenters. The average Bonchev–Trinajstić information content (AvgIpc) is 2.67. The molecule has 0 radical (unpaired) electrons. The van der Waals surface area contributed by atoms with Crippen molar-refractivity contribution in [2.24, 2.45) is 5.73 Å². The van der Waals surface area contributed by atoms with E-state index in [9.17, 15) is 0 Å². The van der Waals surface area contributed by atoms with E-state index in [1.54, 1.807) is 6.20 Å². The summed E-state index contributed by atoms with van der Waals surface area (Å²) in [5, 5.41) is 7.58. The summed E-state index contributed by atoms with van der Waals surface area (Å²) in [6.45, 7) is 0. The molecule has 15 heavy (non-hydrogen) atoms. The smallest absolute Gasteiger partial charge is 0.156 e. The van der Waals surface area contributed by atoms with Crippen LogP contribution in [-0.4, -0.2) is 19.6 Å². The normalized spacial score (nSPS) is 9.87. The van der Waals surface area contributed by atoms with Gasteiger partial charge in [-0.2, -0.15) is 0 Å². The molecule has 2 heterocycles. The first-order valence-electron chi connectivity index (χ1n) is 4.07. The van der Waals surface area contributed by atoms with Gasteiger partial charge in [0, 0.05) is 17.7 Å². The molecule has 2 aromatic heterocycles. The molecule has 0 spiro atoms. The van der Waals surface area contributed by atoms with Gasteiger partial charge < -0.3 is 11.1 Å². The molecule has 3 N–H and O–H groups in total. The number of thiocarbonyl (C=S) groups is 1. The van der Waals surface area contributed by atoms with Gasteiger partial charge in [0.25, 0.3) is 0 Å². The molecule has 0 aliphatic carbocycles. The predicted molar refractivity (Wildman–Crippen MR) is 63.3 cm³/mol. The van der Waals surface area contributed by atoms with Gasteiger partial charge in [-0.25, -0.2) is 4.98 Å². The number of nitrogens with one attached hydrogen (secondary N) is 1. The van der Waals surface area contributed by atoms with E-state index in [-0.39, 0.29) is 4.99 Å². The zero-order chi connectivity index (χ0) is 10.7. The summed E-state index contributed by atoms with van der Waals surface area (Å²) in [6.07, 6.45) is 1.69. The molecule has 0 saturated heterocycles. The molecule has 0 bridgehead atoms. The summed E-state index contributed by atoms with van der Waals surface area (Å²) < 4.78 is 3.77. The van der Waals surface area contributed by atoms with E-state index in [1.165, 1.54) is 11.5 Å². The number of anilines is 2. The first-order valence-corrected chi connectivity index (χ1v) is 5.26. The van der Waals surface area contributed by atoms with Gasteiger partial charge in [0.1, 0.15) is 15.8 Å². The molecule has 0 aromatic carbocycles. The quantitative estimate of drug-likeness (QED) is 0.784. The molecule has 7 heteroatoms. The standard InChI is InChI=1S/C8H7N5S2/c9-7(14)6-8(15-13-12-6)11-5-3-1-2-4-10-5/h1-4H,(H2,9,14)(H,10,11). The highest BCUT2D eigenvalue weighted by Gasteiger charge is 2.10. The zero-order valence-corrected chi connectivity index (χ0v) is 9.18. The molecule has 2 aromatic rings. The van der Waals surface area contributed by atoms with E-state index < -0.39 is 0 Å². The molecule has 0 aliphatic heterocycles. The van der Waals surface area contributed by atoms with E-state index in [2.05, 4.69) is 19.9 Å². The Hall–Kier alpha value is -1.60. The Morgan fingerprint density at radius 2 is 2.33 bits per heavy atom. The zero-order valence-electron chi connectivity index (χ0n) is 7.54. The average molecular weight is 237 g/mol. The van der Waals surface area contributed by atoms with Crippen LogP contribution >= 0.6 is 23.8 Å². The SMILES string of the molecule is NC(=S)c1nnsc1Nc1ccccn1. The van der Waals surface area contributed by atoms with Crippen molar-refractivity contribution in [3.8, 4) is 0 Å². The van der Waals surface area contributed by atoms with E-state index in [0.717, 1.165) is 0 Å². The third-order valence-corrected chi connectivity index (χ3v) is 2.46. The van der Waals surface area contributed by atoms with Crippen molar-refractivity contribution < 1.29 is 0 Å². The van der Waals surface area contributed by atoms with Crippen molar-refractivity contribution in [3.63, 3.8) is 0 Å². The minimum atomic E-state index is 0.224. The van der Waals surface area contributed by atoms with E-state index in [0.29, 0.717) is 16.5 Å². The lowest BCUT2D eigenvalue weighted by Crippen LogP contribution is -2.11. The molecule has 0 saturated carbocycles. The van der Waals surface area contributed by atoms with E-state index in [1.807, 2.05) is 18.2 Å². The van der Waals surface area contributed by atoms with Crippen LogP contribution in [0, 0.1) is 0 Å². The summed E-state index contributed by atoms with van der Waals surface area (Å²) in [5.74, 6) is 0.709. The van der Waals surface area contributed by atoms with Crippen molar-refractivity contribution in [2.75, 3.05) is 5.32 Å². The monoisotopic (exact) mass is 237 g/mol. The second kappa shape index (κ2) is 4.28. The molecular formula is C8H7N5S2. The second-order valence-electron chi connectivity index (χ2n) is 2.65. The summed E-state index contributed by atoms with van der Waals surface area (Å²) in [6, 6.07) is 5.55. The van der Waals surface area contributed by atoms with Crippen molar-refractivity contribution in [3.05, 3.63) is 30.1 Å². The fraction of sp³-hybridized carbons (Fsp3) is 0. The number of pyridine rings is 1. The Morgan fingerprint density at radius 1 is 1.47 bits per heavy atom. The van der Waals surface area contributed by atoms with Gasteiger partial charge in [-0.1, -0.05) is 22.8 Å². The number of hydrogen-bond acceptors (Lipinski definition) is 6. The van der Waals surface area contributed by atoms with Crippen LogP contribution in [0.25, 0.3) is 0 Å². The fourth-order valence-electron chi connectivity index (χ4n) is 0.987. The molecule has 2 rings (SSSR count). The highest BCUT2D eigenvalue weighted by atomic mass is 32.1. The maximum atomic E-state index is 5.49. The van der Waals surface area contributed by atoms with Crippen LogP contribution in [0.2, 0.25) is 0 Å². The number of nitrogens with two attached hydrogens (primary N) is 1. The Balaban J connectivity index is 2.25. The van der Waals surface area contributed by atoms with E-state index in [4.69, 9.17) is 18.0 Å². The number of nitrogens with zero attached hydrogens (tertiary/aromatic N) is 3. The van der Waals surface area contributed by atoms with Gasteiger partial charge in [-0.3, -0.25) is 0 Å². The van der Waals surface area contributed by atoms with Crippen LogP contribution in [0.15, 0.2) is 24.4 Å². The minimum Gasteiger partial charge on any atom is -0.388 e. The fourth-order valence-corrected chi connectivity index (χ4v) is 1.79. The predicted octanol–water partition coefficient (Wildman–Crippen LogP) is 1.31. The minimum absolute atomic E-state index is 0.224. The number of hydrogen-bond donors (Lipinski definition) is 2. The lowest BCUT2D eigenvalue weighted by Gasteiger charge is -2.02. The highest BCUT2D eigenvalue weighted by molar-refractivity contribution is 7.80. The molecule has 5 nitrogen and oxygen atoms in total. The lowest BCUT2D eigenvalue weighted by atomic mass is 10.4. The maximum absolute atomic E-state index is 5.49. The van der Waals surface area contributed by atoms with Crippen molar-refractivity contribution in [1.82, 2.24) is 14.6 Å². The Labute approximate surface area is 95.5 Å². The summed E-state index contributed by atoms with van der Waals surface area (Å²) in [7, 11) is 0. The van der Waals surface area contributed by atoms with Gasteiger partial charge in [0.15, 0.2) is 5.69 Å². The summed E-state index contributed by atoms with van der Waals surface area (Å²) >= 11 is 6.03. The first kappa shape index (κ1) is 9.94. The molecular weight excluding hydrogens is 230 g/mol. The topological polar surface area (TPSA) is 76.7 Å². The second-order valence-corrected chi connectivity index (χ2v) is 3.85. The third kappa shape index (κ3) is 2.25. The first-order chi connectivity index (χ1) is 7.27. The van der Waals surface area contributed by atoms with Gasteiger partial charge >= 0.3 is 0 Å². The van der Waals surface area contributed by atoms with Crippen LogP contribution in [-0.2, 0) is 0 Å². The van der Waals surface area contributed by atoms with Crippen LogP contribution < -0.4 is 11.1 Å².